The normalized spacial score (nSPS) is 20.6. The Morgan fingerprint density at radius 1 is 1.31 bits per heavy atom. The third-order valence-electron chi connectivity index (χ3n) is 3.33. The molecule has 0 aromatic carbocycles. The Labute approximate surface area is 100 Å². The molecular formula is C13H28N2O. The molecule has 1 aliphatic heterocycles. The molecule has 96 valence electrons. The summed E-state index contributed by atoms with van der Waals surface area (Å²) in [6, 6.07) is 0. The average Bonchev–Trinajstić information content (AvgIpc) is 2.14. The Hall–Kier alpha value is -0.120. The number of aliphatic hydroxyl groups is 1. The molecule has 0 spiro atoms. The molecule has 0 amide bonds. The molecule has 1 N–H and O–H groups in total. The Morgan fingerprint density at radius 2 is 1.88 bits per heavy atom. The number of hydrogen-bond acceptors (Lipinski definition) is 3. The highest BCUT2D eigenvalue weighted by molar-refractivity contribution is 4.73. The van der Waals surface area contributed by atoms with Gasteiger partial charge in [0.05, 0.1) is 5.60 Å². The van der Waals surface area contributed by atoms with Gasteiger partial charge in [0.1, 0.15) is 0 Å². The topological polar surface area (TPSA) is 26.7 Å². The molecule has 0 atom stereocenters. The van der Waals surface area contributed by atoms with Crippen molar-refractivity contribution in [3.8, 4) is 0 Å². The lowest BCUT2D eigenvalue weighted by atomic mass is 9.99. The maximum atomic E-state index is 9.70. The summed E-state index contributed by atoms with van der Waals surface area (Å²) in [7, 11) is 2.09. The zero-order valence-corrected chi connectivity index (χ0v) is 11.4. The number of likely N-dealkylation sites (N-methyl/N-ethyl adjacent to an activating group) is 1. The highest BCUT2D eigenvalue weighted by atomic mass is 16.3. The quantitative estimate of drug-likeness (QED) is 0.771. The molecule has 1 aliphatic rings. The van der Waals surface area contributed by atoms with Crippen molar-refractivity contribution in [1.82, 2.24) is 9.80 Å². The fraction of sp³-hybridized carbons (Fsp3) is 1.00. The SMILES string of the molecule is CC1CCN(CCN(C)CC(C)(C)O)CC1. The fourth-order valence-corrected chi connectivity index (χ4v) is 2.34. The van der Waals surface area contributed by atoms with E-state index in [0.29, 0.717) is 0 Å². The van der Waals surface area contributed by atoms with E-state index in [9.17, 15) is 5.11 Å². The van der Waals surface area contributed by atoms with E-state index in [0.717, 1.165) is 25.6 Å². The van der Waals surface area contributed by atoms with E-state index in [2.05, 4.69) is 23.8 Å². The lowest BCUT2D eigenvalue weighted by Crippen LogP contribution is -2.42. The molecule has 0 radical (unpaired) electrons. The van der Waals surface area contributed by atoms with Crippen LogP contribution >= 0.6 is 0 Å². The molecule has 0 aliphatic carbocycles. The van der Waals surface area contributed by atoms with Crippen molar-refractivity contribution in [3.63, 3.8) is 0 Å². The lowest BCUT2D eigenvalue weighted by Gasteiger charge is -2.32. The van der Waals surface area contributed by atoms with Crippen molar-refractivity contribution >= 4 is 0 Å². The van der Waals surface area contributed by atoms with E-state index in [4.69, 9.17) is 0 Å². The molecule has 3 nitrogen and oxygen atoms in total. The van der Waals surface area contributed by atoms with Gasteiger partial charge in [-0.15, -0.1) is 0 Å². The number of piperidine rings is 1. The lowest BCUT2D eigenvalue weighted by molar-refractivity contribution is 0.0406. The molecule has 0 aromatic heterocycles. The molecule has 0 saturated carbocycles. The highest BCUT2D eigenvalue weighted by Gasteiger charge is 2.18. The van der Waals surface area contributed by atoms with Crippen LogP contribution in [-0.2, 0) is 0 Å². The zero-order chi connectivity index (χ0) is 12.2. The number of rotatable bonds is 5. The molecule has 3 heteroatoms. The second-order valence-corrected chi connectivity index (χ2v) is 6.07. The second-order valence-electron chi connectivity index (χ2n) is 6.07. The summed E-state index contributed by atoms with van der Waals surface area (Å²) in [6.45, 7) is 11.5. The van der Waals surface area contributed by atoms with Gasteiger partial charge in [0, 0.05) is 19.6 Å². The van der Waals surface area contributed by atoms with E-state index in [1.165, 1.54) is 25.9 Å². The first-order valence-electron chi connectivity index (χ1n) is 6.50. The standard InChI is InChI=1S/C13H28N2O/c1-12-5-7-15(8-6-12)10-9-14(4)11-13(2,3)16/h12,16H,5-11H2,1-4H3. The summed E-state index contributed by atoms with van der Waals surface area (Å²) < 4.78 is 0. The van der Waals surface area contributed by atoms with Crippen molar-refractivity contribution in [3.05, 3.63) is 0 Å². The summed E-state index contributed by atoms with van der Waals surface area (Å²) in [5.74, 6) is 0.908. The van der Waals surface area contributed by atoms with Crippen LogP contribution in [0, 0.1) is 5.92 Å². The largest absolute Gasteiger partial charge is 0.389 e. The van der Waals surface area contributed by atoms with Crippen molar-refractivity contribution in [2.45, 2.75) is 39.2 Å². The first kappa shape index (κ1) is 13.9. The first-order chi connectivity index (χ1) is 7.37. The van der Waals surface area contributed by atoms with E-state index in [-0.39, 0.29) is 0 Å². The van der Waals surface area contributed by atoms with Gasteiger partial charge in [0.25, 0.3) is 0 Å². The van der Waals surface area contributed by atoms with E-state index in [1.54, 1.807) is 0 Å². The minimum Gasteiger partial charge on any atom is -0.389 e. The van der Waals surface area contributed by atoms with Gasteiger partial charge in [-0.3, -0.25) is 0 Å². The molecule has 16 heavy (non-hydrogen) atoms. The van der Waals surface area contributed by atoms with Crippen molar-refractivity contribution in [1.29, 1.82) is 0 Å². The van der Waals surface area contributed by atoms with Gasteiger partial charge >= 0.3 is 0 Å². The summed E-state index contributed by atoms with van der Waals surface area (Å²) in [5.41, 5.74) is -0.578. The van der Waals surface area contributed by atoms with Gasteiger partial charge in [0.15, 0.2) is 0 Å². The smallest absolute Gasteiger partial charge is 0.0718 e. The minimum atomic E-state index is -0.578. The van der Waals surface area contributed by atoms with Crippen LogP contribution in [0.4, 0.5) is 0 Å². The number of hydrogen-bond donors (Lipinski definition) is 1. The van der Waals surface area contributed by atoms with Crippen LogP contribution in [0.15, 0.2) is 0 Å². The maximum absolute atomic E-state index is 9.70. The van der Waals surface area contributed by atoms with Crippen molar-refractivity contribution in [2.75, 3.05) is 39.8 Å². The molecule has 0 aromatic rings. The van der Waals surface area contributed by atoms with Gasteiger partial charge in [-0.25, -0.2) is 0 Å². The number of nitrogens with zero attached hydrogens (tertiary/aromatic N) is 2. The molecular weight excluding hydrogens is 200 g/mol. The van der Waals surface area contributed by atoms with E-state index in [1.807, 2.05) is 13.8 Å². The number of likely N-dealkylation sites (tertiary alicyclic amines) is 1. The van der Waals surface area contributed by atoms with Gasteiger partial charge in [-0.2, -0.15) is 0 Å². The monoisotopic (exact) mass is 228 g/mol. The van der Waals surface area contributed by atoms with Crippen LogP contribution in [0.5, 0.6) is 0 Å². The average molecular weight is 228 g/mol. The van der Waals surface area contributed by atoms with Gasteiger partial charge in [0.2, 0.25) is 0 Å². The predicted molar refractivity (Wildman–Crippen MR) is 68.6 cm³/mol. The minimum absolute atomic E-state index is 0.578. The molecule has 0 bridgehead atoms. The molecule has 1 rings (SSSR count). The summed E-state index contributed by atoms with van der Waals surface area (Å²) in [6.07, 6.45) is 2.68. The van der Waals surface area contributed by atoms with Crippen molar-refractivity contribution < 1.29 is 5.11 Å². The second kappa shape index (κ2) is 5.99. The van der Waals surface area contributed by atoms with Crippen LogP contribution in [0.25, 0.3) is 0 Å². The van der Waals surface area contributed by atoms with Crippen LogP contribution in [0.2, 0.25) is 0 Å². The Bertz CT molecular complexity index is 193. The Morgan fingerprint density at radius 3 is 2.38 bits per heavy atom. The first-order valence-corrected chi connectivity index (χ1v) is 6.50. The highest BCUT2D eigenvalue weighted by Crippen LogP contribution is 2.15. The van der Waals surface area contributed by atoms with E-state index < -0.39 is 5.60 Å². The Balaban J connectivity index is 2.14. The van der Waals surface area contributed by atoms with Crippen molar-refractivity contribution in [2.24, 2.45) is 5.92 Å². The third kappa shape index (κ3) is 5.83. The third-order valence-corrected chi connectivity index (χ3v) is 3.33. The van der Waals surface area contributed by atoms with E-state index >= 15 is 0 Å². The zero-order valence-electron chi connectivity index (χ0n) is 11.4. The molecule has 1 fully saturated rings. The molecule has 1 heterocycles. The summed E-state index contributed by atoms with van der Waals surface area (Å²) in [5, 5.41) is 9.70. The maximum Gasteiger partial charge on any atom is 0.0718 e. The van der Waals surface area contributed by atoms with Gasteiger partial charge in [-0.1, -0.05) is 6.92 Å². The Kier molecular flexibility index (Phi) is 5.22. The van der Waals surface area contributed by atoms with Crippen LogP contribution in [0.1, 0.15) is 33.6 Å². The predicted octanol–water partition coefficient (Wildman–Crippen LogP) is 1.42. The van der Waals surface area contributed by atoms with Crippen LogP contribution < -0.4 is 0 Å². The van der Waals surface area contributed by atoms with Crippen LogP contribution in [0.3, 0.4) is 0 Å². The summed E-state index contributed by atoms with van der Waals surface area (Å²) in [4.78, 5) is 4.76. The van der Waals surface area contributed by atoms with Gasteiger partial charge < -0.3 is 14.9 Å². The fourth-order valence-electron chi connectivity index (χ4n) is 2.34. The molecule has 0 unspecified atom stereocenters. The van der Waals surface area contributed by atoms with Crippen LogP contribution in [-0.4, -0.2) is 60.3 Å². The summed E-state index contributed by atoms with van der Waals surface area (Å²) >= 11 is 0. The van der Waals surface area contributed by atoms with Gasteiger partial charge in [-0.05, 0) is 52.7 Å². The molecule has 1 saturated heterocycles.